The van der Waals surface area contributed by atoms with Crippen molar-refractivity contribution in [3.05, 3.63) is 71.0 Å². The molecular formula is C25H24N6O3. The molecule has 1 aliphatic rings. The van der Waals surface area contributed by atoms with Gasteiger partial charge < -0.3 is 14.8 Å². The largest absolute Gasteiger partial charge is 0.497 e. The molecule has 0 aliphatic carbocycles. The number of carbonyl (C=O) groups is 1. The Bertz CT molecular complexity index is 1380. The molecule has 0 bridgehead atoms. The van der Waals surface area contributed by atoms with Gasteiger partial charge in [0, 0.05) is 29.0 Å². The normalized spacial score (nSPS) is 14.9. The molecule has 2 aromatic carbocycles. The highest BCUT2D eigenvalue weighted by molar-refractivity contribution is 5.95. The van der Waals surface area contributed by atoms with E-state index in [1.807, 2.05) is 56.3 Å². The van der Waals surface area contributed by atoms with Crippen LogP contribution >= 0.6 is 0 Å². The Hall–Kier alpha value is -4.27. The van der Waals surface area contributed by atoms with Gasteiger partial charge in [0.25, 0.3) is 5.95 Å². The van der Waals surface area contributed by atoms with E-state index in [9.17, 15) is 4.79 Å². The van der Waals surface area contributed by atoms with E-state index in [0.717, 1.165) is 27.9 Å². The predicted octanol–water partition coefficient (Wildman–Crippen LogP) is 3.83. The summed E-state index contributed by atoms with van der Waals surface area (Å²) in [5.41, 5.74) is 5.24. The van der Waals surface area contributed by atoms with Crippen molar-refractivity contribution < 1.29 is 14.3 Å². The van der Waals surface area contributed by atoms with Crippen LogP contribution in [0.1, 0.15) is 34.7 Å². The SMILES string of the molecule is COc1ccc(OC)c([C@@H]2CC(=O)Nc3c2c(C)nn3-c2nncc(-c3ccc(C)cc3)n2)c1. The molecule has 0 spiro atoms. The minimum absolute atomic E-state index is 0.133. The lowest BCUT2D eigenvalue weighted by molar-refractivity contribution is -0.116. The quantitative estimate of drug-likeness (QED) is 0.487. The topological polar surface area (TPSA) is 104 Å². The Morgan fingerprint density at radius 2 is 1.85 bits per heavy atom. The smallest absolute Gasteiger partial charge is 0.272 e. The number of aromatic nitrogens is 5. The van der Waals surface area contributed by atoms with Crippen molar-refractivity contribution in [2.24, 2.45) is 0 Å². The molecule has 1 aliphatic heterocycles. The predicted molar refractivity (Wildman–Crippen MR) is 126 cm³/mol. The lowest BCUT2D eigenvalue weighted by Gasteiger charge is -2.25. The standard InChI is InChI=1S/C25H24N6O3/c1-14-5-7-16(8-6-14)20-13-26-29-25(27-20)31-24-23(15(2)30-31)19(12-22(32)28-24)18-11-17(33-3)9-10-21(18)34-4/h5-11,13,19H,12H2,1-4H3,(H,28,32)/t19-/m0/s1. The zero-order valence-corrected chi connectivity index (χ0v) is 19.4. The second-order valence-corrected chi connectivity index (χ2v) is 8.18. The van der Waals surface area contributed by atoms with Crippen LogP contribution in [0.2, 0.25) is 0 Å². The number of aryl methyl sites for hydroxylation is 2. The van der Waals surface area contributed by atoms with Crippen LogP contribution in [0.4, 0.5) is 5.82 Å². The molecule has 0 fully saturated rings. The molecule has 5 rings (SSSR count). The molecule has 0 saturated carbocycles. The van der Waals surface area contributed by atoms with Gasteiger partial charge in [0.1, 0.15) is 17.3 Å². The molecule has 9 heteroatoms. The first kappa shape index (κ1) is 21.6. The van der Waals surface area contributed by atoms with Gasteiger partial charge in [-0.25, -0.2) is 4.98 Å². The van der Waals surface area contributed by atoms with Gasteiger partial charge in [-0.1, -0.05) is 29.8 Å². The lowest BCUT2D eigenvalue weighted by Crippen LogP contribution is -2.25. The number of anilines is 1. The van der Waals surface area contributed by atoms with Crippen LogP contribution in [-0.4, -0.2) is 45.1 Å². The summed E-state index contributed by atoms with van der Waals surface area (Å²) in [4.78, 5) is 17.5. The highest BCUT2D eigenvalue weighted by Gasteiger charge is 2.35. The van der Waals surface area contributed by atoms with Crippen LogP contribution in [-0.2, 0) is 4.79 Å². The molecule has 9 nitrogen and oxygen atoms in total. The first-order valence-corrected chi connectivity index (χ1v) is 10.9. The van der Waals surface area contributed by atoms with Crippen molar-refractivity contribution in [2.75, 3.05) is 19.5 Å². The number of amides is 1. The molecule has 0 saturated heterocycles. The van der Waals surface area contributed by atoms with Crippen LogP contribution in [0.15, 0.2) is 48.7 Å². The van der Waals surface area contributed by atoms with Crippen LogP contribution in [0.25, 0.3) is 17.2 Å². The van der Waals surface area contributed by atoms with Crippen LogP contribution in [0, 0.1) is 13.8 Å². The molecular weight excluding hydrogens is 432 g/mol. The third-order valence-electron chi connectivity index (χ3n) is 6.00. The van der Waals surface area contributed by atoms with E-state index in [2.05, 4.69) is 25.6 Å². The molecule has 1 atom stereocenters. The zero-order valence-electron chi connectivity index (χ0n) is 19.4. The fourth-order valence-corrected chi connectivity index (χ4v) is 4.32. The van der Waals surface area contributed by atoms with Crippen molar-refractivity contribution in [1.29, 1.82) is 0 Å². The van der Waals surface area contributed by atoms with E-state index >= 15 is 0 Å². The van der Waals surface area contributed by atoms with Crippen LogP contribution < -0.4 is 14.8 Å². The number of nitrogens with zero attached hydrogens (tertiary/aromatic N) is 5. The van der Waals surface area contributed by atoms with Crippen molar-refractivity contribution >= 4 is 11.7 Å². The highest BCUT2D eigenvalue weighted by atomic mass is 16.5. The summed E-state index contributed by atoms with van der Waals surface area (Å²) >= 11 is 0. The van der Waals surface area contributed by atoms with Crippen molar-refractivity contribution in [1.82, 2.24) is 25.0 Å². The maximum atomic E-state index is 12.8. The first-order chi connectivity index (χ1) is 16.5. The highest BCUT2D eigenvalue weighted by Crippen LogP contribution is 2.44. The van der Waals surface area contributed by atoms with Gasteiger partial charge in [-0.2, -0.15) is 14.9 Å². The second-order valence-electron chi connectivity index (χ2n) is 8.18. The summed E-state index contributed by atoms with van der Waals surface area (Å²) in [6.07, 6.45) is 1.87. The number of benzene rings is 2. The monoisotopic (exact) mass is 456 g/mol. The molecule has 0 radical (unpaired) electrons. The number of carbonyl (C=O) groups excluding carboxylic acids is 1. The molecule has 4 aromatic rings. The molecule has 1 amide bonds. The Balaban J connectivity index is 1.63. The Kier molecular flexibility index (Phi) is 5.45. The second kappa shape index (κ2) is 8.58. The van der Waals surface area contributed by atoms with E-state index in [0.29, 0.717) is 23.0 Å². The number of rotatable bonds is 5. The van der Waals surface area contributed by atoms with Gasteiger partial charge in [0.15, 0.2) is 0 Å². The van der Waals surface area contributed by atoms with Gasteiger partial charge in [0.05, 0.1) is 31.8 Å². The van der Waals surface area contributed by atoms with Crippen LogP contribution in [0.5, 0.6) is 11.5 Å². The number of fused-ring (bicyclic) bond motifs is 1. The van der Waals surface area contributed by atoms with Gasteiger partial charge in [-0.3, -0.25) is 4.79 Å². The van der Waals surface area contributed by atoms with E-state index < -0.39 is 0 Å². The summed E-state index contributed by atoms with van der Waals surface area (Å²) < 4.78 is 12.6. The average Bonchev–Trinajstić information content (AvgIpc) is 3.19. The number of ether oxygens (including phenoxy) is 2. The molecule has 2 aromatic heterocycles. The van der Waals surface area contributed by atoms with E-state index in [-0.39, 0.29) is 24.2 Å². The fraction of sp³-hybridized carbons (Fsp3) is 0.240. The van der Waals surface area contributed by atoms with Crippen molar-refractivity contribution in [3.8, 4) is 28.7 Å². The van der Waals surface area contributed by atoms with E-state index in [1.54, 1.807) is 25.1 Å². The molecule has 3 heterocycles. The van der Waals surface area contributed by atoms with Gasteiger partial charge in [-0.05, 0) is 32.0 Å². The summed E-state index contributed by atoms with van der Waals surface area (Å²) in [7, 11) is 3.22. The summed E-state index contributed by atoms with van der Waals surface area (Å²) in [5.74, 6) is 1.78. The molecule has 172 valence electrons. The van der Waals surface area contributed by atoms with Gasteiger partial charge in [-0.15, -0.1) is 5.10 Å². The van der Waals surface area contributed by atoms with E-state index in [4.69, 9.17) is 9.47 Å². The van der Waals surface area contributed by atoms with Crippen molar-refractivity contribution in [2.45, 2.75) is 26.2 Å². The summed E-state index contributed by atoms with van der Waals surface area (Å²) in [6, 6.07) is 13.6. The summed E-state index contributed by atoms with van der Waals surface area (Å²) in [6.45, 7) is 3.94. The zero-order chi connectivity index (χ0) is 23.8. The summed E-state index contributed by atoms with van der Waals surface area (Å²) in [5, 5.41) is 16.0. The Morgan fingerprint density at radius 1 is 1.06 bits per heavy atom. The van der Waals surface area contributed by atoms with Gasteiger partial charge >= 0.3 is 0 Å². The molecule has 1 N–H and O–H groups in total. The third kappa shape index (κ3) is 3.75. The van der Waals surface area contributed by atoms with Crippen molar-refractivity contribution in [3.63, 3.8) is 0 Å². The minimum atomic E-state index is -0.268. The number of methoxy groups -OCH3 is 2. The Morgan fingerprint density at radius 3 is 2.59 bits per heavy atom. The maximum Gasteiger partial charge on any atom is 0.272 e. The molecule has 0 unspecified atom stereocenters. The minimum Gasteiger partial charge on any atom is -0.497 e. The number of nitrogens with one attached hydrogen (secondary N) is 1. The molecule has 34 heavy (non-hydrogen) atoms. The lowest BCUT2D eigenvalue weighted by atomic mass is 9.85. The first-order valence-electron chi connectivity index (χ1n) is 10.9. The van der Waals surface area contributed by atoms with E-state index in [1.165, 1.54) is 0 Å². The van der Waals surface area contributed by atoms with Crippen LogP contribution in [0.3, 0.4) is 0 Å². The number of hydrogen-bond acceptors (Lipinski definition) is 7. The maximum absolute atomic E-state index is 12.8. The Labute approximate surface area is 196 Å². The third-order valence-corrected chi connectivity index (χ3v) is 6.00. The number of hydrogen-bond donors (Lipinski definition) is 1. The van der Waals surface area contributed by atoms with Gasteiger partial charge in [0.2, 0.25) is 5.91 Å². The average molecular weight is 457 g/mol. The fourth-order valence-electron chi connectivity index (χ4n) is 4.32.